The molecule has 2 aliphatic heterocycles. The summed E-state index contributed by atoms with van der Waals surface area (Å²) in [6, 6.07) is 17.5. The number of fused-ring (bicyclic) bond motifs is 2. The SMILES string of the molecule is Cc1c(-c2ccc(-c3ccc4c(c3)N(C(=O)Nc3nc5ccccc5s3)CCC4)nc2C(=O)O)cnn1CC12CC3(C)CC(C)(C1)CC(OCCN(C)C1CN(C(=O)OC(C)(C)C)C1)(C3)C2. The molecule has 4 aliphatic carbocycles. The lowest BCUT2D eigenvalue weighted by molar-refractivity contribution is -0.249. The first kappa shape index (κ1) is 44.5. The minimum atomic E-state index is -1.11. The van der Waals surface area contributed by atoms with Crippen molar-refractivity contribution in [3.8, 4) is 22.4 Å². The van der Waals surface area contributed by atoms with E-state index in [-0.39, 0.29) is 45.7 Å². The van der Waals surface area contributed by atoms with Crippen molar-refractivity contribution >= 4 is 50.5 Å². The van der Waals surface area contributed by atoms with Gasteiger partial charge in [0.05, 0.1) is 34.3 Å². The number of amides is 3. The zero-order valence-corrected chi connectivity index (χ0v) is 40.1. The molecule has 348 valence electrons. The number of thiazole rings is 1. The number of ether oxygens (including phenoxy) is 2. The Morgan fingerprint density at radius 1 is 0.955 bits per heavy atom. The van der Waals surface area contributed by atoms with Crippen molar-refractivity contribution in [3.05, 3.63) is 77.7 Å². The predicted molar refractivity (Wildman–Crippen MR) is 256 cm³/mol. The highest BCUT2D eigenvalue weighted by Crippen LogP contribution is 2.72. The van der Waals surface area contributed by atoms with Crippen LogP contribution in [0.1, 0.15) is 101 Å². The van der Waals surface area contributed by atoms with Gasteiger partial charge in [0.2, 0.25) is 0 Å². The fraction of sp³-hybridized carbons (Fsp3) is 0.529. The minimum Gasteiger partial charge on any atom is -0.476 e. The van der Waals surface area contributed by atoms with Crippen molar-refractivity contribution in [1.82, 2.24) is 29.5 Å². The van der Waals surface area contributed by atoms with Gasteiger partial charge in [0.25, 0.3) is 0 Å². The number of aromatic carboxylic acids is 1. The van der Waals surface area contributed by atoms with Crippen molar-refractivity contribution in [3.63, 3.8) is 0 Å². The maximum absolute atomic E-state index is 13.7. The number of anilines is 2. The number of rotatable bonds is 11. The second-order valence-electron chi connectivity index (χ2n) is 21.9. The maximum Gasteiger partial charge on any atom is 0.410 e. The van der Waals surface area contributed by atoms with E-state index in [0.717, 1.165) is 96.3 Å². The van der Waals surface area contributed by atoms with Crippen LogP contribution in [-0.2, 0) is 22.4 Å². The molecule has 3 amide bonds. The second kappa shape index (κ2) is 16.2. The molecule has 5 aromatic rings. The highest BCUT2D eigenvalue weighted by molar-refractivity contribution is 7.22. The summed E-state index contributed by atoms with van der Waals surface area (Å²) in [4.78, 5) is 54.4. The highest BCUT2D eigenvalue weighted by atomic mass is 32.1. The molecular weight excluding hydrogens is 853 g/mol. The van der Waals surface area contributed by atoms with Crippen LogP contribution in [0.3, 0.4) is 0 Å². The summed E-state index contributed by atoms with van der Waals surface area (Å²) >= 11 is 1.44. The van der Waals surface area contributed by atoms with Crippen LogP contribution in [0, 0.1) is 23.2 Å². The Labute approximate surface area is 390 Å². The predicted octanol–water partition coefficient (Wildman–Crippen LogP) is 9.90. The van der Waals surface area contributed by atoms with E-state index in [4.69, 9.17) is 19.6 Å². The van der Waals surface area contributed by atoms with E-state index in [1.54, 1.807) is 16.0 Å². The largest absolute Gasteiger partial charge is 0.476 e. The number of aryl methyl sites for hydroxylation is 1. The number of hydrogen-bond acceptors (Lipinski definition) is 10. The van der Waals surface area contributed by atoms with Gasteiger partial charge < -0.3 is 19.5 Å². The maximum atomic E-state index is 13.7. The summed E-state index contributed by atoms with van der Waals surface area (Å²) in [7, 11) is 2.12. The molecule has 14 nitrogen and oxygen atoms in total. The third-order valence-electron chi connectivity index (χ3n) is 14.9. The topological polar surface area (TPSA) is 155 Å². The Balaban J connectivity index is 0.841. The van der Waals surface area contributed by atoms with Crippen molar-refractivity contribution < 1.29 is 29.0 Å². The van der Waals surface area contributed by atoms with Crippen LogP contribution in [0.25, 0.3) is 32.6 Å². The van der Waals surface area contributed by atoms with E-state index in [0.29, 0.717) is 42.6 Å². The Hall–Kier alpha value is -5.38. The number of likely N-dealkylation sites (N-methyl/N-ethyl adjacent to an activating group) is 1. The Morgan fingerprint density at radius 2 is 1.71 bits per heavy atom. The lowest BCUT2D eigenvalue weighted by atomic mass is 9.39. The third kappa shape index (κ3) is 8.47. The summed E-state index contributed by atoms with van der Waals surface area (Å²) in [6.45, 7) is 16.7. The van der Waals surface area contributed by atoms with E-state index in [2.05, 4.69) is 40.8 Å². The van der Waals surface area contributed by atoms with Crippen LogP contribution in [0.2, 0.25) is 0 Å². The molecule has 2 N–H and O–H groups in total. The van der Waals surface area contributed by atoms with Crippen LogP contribution < -0.4 is 10.2 Å². The van der Waals surface area contributed by atoms with Crippen molar-refractivity contribution in [2.24, 2.45) is 16.2 Å². The standard InChI is InChI=1S/C51H62N8O6S/c1-32-37(36-16-17-38(53-42(36)43(60)61)34-15-14-33-11-10-18-58(40(33)21-34)45(62)55-44-54-39-12-8-9-13-41(39)66-44)22-52-59(32)31-50-26-48(5)25-49(6,27-50)29-51(28-48,30-50)64-20-19-56(7)35-23-57(24-35)46(63)65-47(2,3)4/h8-9,12-17,21-22,35H,10-11,18-20,23-31H2,1-7H3,(H,60,61)(H,54,55,62). The molecule has 6 aliphatic rings. The lowest BCUT2D eigenvalue weighted by Gasteiger charge is -2.69. The van der Waals surface area contributed by atoms with Crippen LogP contribution in [-0.4, -0.2) is 110 Å². The monoisotopic (exact) mass is 914 g/mol. The van der Waals surface area contributed by atoms with E-state index < -0.39 is 11.6 Å². The van der Waals surface area contributed by atoms with Crippen LogP contribution in [0.4, 0.5) is 20.4 Å². The van der Waals surface area contributed by atoms with Gasteiger partial charge in [-0.3, -0.25) is 19.8 Å². The zero-order valence-electron chi connectivity index (χ0n) is 39.3. The molecule has 5 heterocycles. The van der Waals surface area contributed by atoms with Crippen molar-refractivity contribution in [1.29, 1.82) is 0 Å². The van der Waals surface area contributed by atoms with E-state index >= 15 is 0 Å². The number of likely N-dealkylation sites (tertiary alicyclic amines) is 1. The van der Waals surface area contributed by atoms with Crippen molar-refractivity contribution in [2.45, 2.75) is 117 Å². The van der Waals surface area contributed by atoms with Crippen molar-refractivity contribution in [2.75, 3.05) is 50.1 Å². The first-order valence-electron chi connectivity index (χ1n) is 23.5. The zero-order chi connectivity index (χ0) is 46.4. The molecule has 4 bridgehead atoms. The first-order chi connectivity index (χ1) is 31.3. The number of hydrogen-bond donors (Lipinski definition) is 2. The fourth-order valence-electron chi connectivity index (χ4n) is 13.2. The Morgan fingerprint density at radius 3 is 2.44 bits per heavy atom. The minimum absolute atomic E-state index is 0.0105. The van der Waals surface area contributed by atoms with E-state index in [1.165, 1.54) is 17.8 Å². The molecule has 3 aromatic heterocycles. The summed E-state index contributed by atoms with van der Waals surface area (Å²) in [5.41, 5.74) is 5.67. The number of carbonyl (C=O) groups is 3. The van der Waals surface area contributed by atoms with Crippen LogP contribution >= 0.6 is 11.3 Å². The lowest BCUT2D eigenvalue weighted by Crippen LogP contribution is -2.65. The number of aromatic nitrogens is 4. The van der Waals surface area contributed by atoms with Crippen LogP contribution in [0.15, 0.2) is 60.8 Å². The van der Waals surface area contributed by atoms with Gasteiger partial charge in [-0.05, 0) is 138 Å². The smallest absolute Gasteiger partial charge is 0.410 e. The van der Waals surface area contributed by atoms with Crippen LogP contribution in [0.5, 0.6) is 0 Å². The van der Waals surface area contributed by atoms with Gasteiger partial charge in [0.1, 0.15) is 5.60 Å². The molecular formula is C51H62N8O6S. The van der Waals surface area contributed by atoms with Gasteiger partial charge in [-0.2, -0.15) is 5.10 Å². The number of nitrogens with zero attached hydrogens (tertiary/aromatic N) is 7. The third-order valence-corrected chi connectivity index (χ3v) is 15.8. The summed E-state index contributed by atoms with van der Waals surface area (Å²) in [6.07, 6.45) is 9.70. The number of carboxylic acid groups (broad SMARTS) is 1. The molecule has 2 unspecified atom stereocenters. The number of benzene rings is 2. The normalized spacial score (nSPS) is 25.9. The number of para-hydroxylation sites is 1. The second-order valence-corrected chi connectivity index (χ2v) is 23.0. The number of nitrogens with one attached hydrogen (secondary N) is 1. The molecule has 15 heteroatoms. The molecule has 0 radical (unpaired) electrons. The first-order valence-corrected chi connectivity index (χ1v) is 24.3. The average molecular weight is 915 g/mol. The van der Waals surface area contributed by atoms with Gasteiger partial charge in [-0.15, -0.1) is 0 Å². The van der Waals surface area contributed by atoms with E-state index in [9.17, 15) is 19.5 Å². The number of carbonyl (C=O) groups excluding carboxylic acids is 2. The van der Waals surface area contributed by atoms with Gasteiger partial charge in [0.15, 0.2) is 10.8 Å². The molecule has 66 heavy (non-hydrogen) atoms. The molecule has 4 saturated carbocycles. The number of urea groups is 1. The molecule has 2 aromatic carbocycles. The molecule has 11 rings (SSSR count). The fourth-order valence-corrected chi connectivity index (χ4v) is 14.0. The average Bonchev–Trinajstić information content (AvgIpc) is 3.78. The van der Waals surface area contributed by atoms with E-state index in [1.807, 2.05) is 82.3 Å². The highest BCUT2D eigenvalue weighted by Gasteiger charge is 2.66. The quantitative estimate of drug-likeness (QED) is 0.131. The summed E-state index contributed by atoms with van der Waals surface area (Å²) in [5.74, 6) is -1.11. The van der Waals surface area contributed by atoms with Gasteiger partial charge >= 0.3 is 18.1 Å². The Bertz CT molecular complexity index is 2680. The molecule has 2 atom stereocenters. The Kier molecular flexibility index (Phi) is 10.9. The van der Waals surface area contributed by atoms with Gasteiger partial charge in [0, 0.05) is 66.8 Å². The molecule has 0 spiro atoms. The molecule has 1 saturated heterocycles. The van der Waals surface area contributed by atoms with Gasteiger partial charge in [-0.25, -0.2) is 24.4 Å². The van der Waals surface area contributed by atoms with Gasteiger partial charge in [-0.1, -0.05) is 49.4 Å². The summed E-state index contributed by atoms with van der Waals surface area (Å²) < 4.78 is 15.7. The summed E-state index contributed by atoms with van der Waals surface area (Å²) in [5, 5.41) is 19.1. The number of pyridine rings is 1. The molecule has 5 fully saturated rings. The number of carboxylic acids is 1.